The molecule has 2 aromatic rings. The summed E-state index contributed by atoms with van der Waals surface area (Å²) in [6.45, 7) is 3.38. The zero-order valence-electron chi connectivity index (χ0n) is 11.3. The van der Waals surface area contributed by atoms with Crippen molar-refractivity contribution in [2.24, 2.45) is 0 Å². The third kappa shape index (κ3) is 2.25. The molecule has 2 heterocycles. The molecular formula is C16H19NO2. The summed E-state index contributed by atoms with van der Waals surface area (Å²) in [4.78, 5) is 11.7. The number of fused-ring (bicyclic) bond motifs is 3. The van der Waals surface area contributed by atoms with Crippen LogP contribution in [0.5, 0.6) is 0 Å². The molecule has 1 aliphatic heterocycles. The summed E-state index contributed by atoms with van der Waals surface area (Å²) in [5, 5.41) is 1.27. The summed E-state index contributed by atoms with van der Waals surface area (Å²) in [6.07, 6.45) is 2.72. The Hall–Kier alpha value is -1.77. The van der Waals surface area contributed by atoms with E-state index in [0.717, 1.165) is 19.4 Å². The normalized spacial score (nSPS) is 18.3. The number of hydrogen-bond acceptors (Lipinski definition) is 2. The monoisotopic (exact) mass is 257 g/mol. The van der Waals surface area contributed by atoms with Gasteiger partial charge < -0.3 is 9.30 Å². The molecule has 0 aliphatic carbocycles. The lowest BCUT2D eigenvalue weighted by molar-refractivity contribution is -0.143. The van der Waals surface area contributed by atoms with Crippen LogP contribution in [0.3, 0.4) is 0 Å². The number of para-hydroxylation sites is 1. The van der Waals surface area contributed by atoms with Gasteiger partial charge in [-0.2, -0.15) is 0 Å². The van der Waals surface area contributed by atoms with Crippen LogP contribution in [0.4, 0.5) is 0 Å². The zero-order chi connectivity index (χ0) is 13.2. The molecule has 1 aromatic carbocycles. The maximum absolute atomic E-state index is 11.7. The minimum Gasteiger partial charge on any atom is -0.466 e. The number of nitrogens with zero attached hydrogens (tertiary/aromatic N) is 1. The van der Waals surface area contributed by atoms with Gasteiger partial charge in [-0.3, -0.25) is 4.79 Å². The molecule has 3 nitrogen and oxygen atoms in total. The van der Waals surface area contributed by atoms with E-state index in [1.807, 2.05) is 6.92 Å². The van der Waals surface area contributed by atoms with Crippen molar-refractivity contribution < 1.29 is 9.53 Å². The molecule has 0 spiro atoms. The highest BCUT2D eigenvalue weighted by atomic mass is 16.5. The van der Waals surface area contributed by atoms with Crippen LogP contribution in [0.15, 0.2) is 30.3 Å². The van der Waals surface area contributed by atoms with E-state index in [-0.39, 0.29) is 5.97 Å². The molecule has 1 aliphatic rings. The molecule has 1 aromatic heterocycles. The summed E-state index contributed by atoms with van der Waals surface area (Å²) in [5.74, 6) is 0.228. The van der Waals surface area contributed by atoms with Crippen molar-refractivity contribution in [3.8, 4) is 0 Å². The Bertz CT molecular complexity index is 600. The quantitative estimate of drug-likeness (QED) is 0.788. The van der Waals surface area contributed by atoms with Gasteiger partial charge in [0, 0.05) is 23.7 Å². The summed E-state index contributed by atoms with van der Waals surface area (Å²) in [7, 11) is 0. The number of rotatable bonds is 3. The van der Waals surface area contributed by atoms with Gasteiger partial charge >= 0.3 is 5.97 Å². The Balaban J connectivity index is 1.93. The molecule has 0 radical (unpaired) electrons. The largest absolute Gasteiger partial charge is 0.466 e. The van der Waals surface area contributed by atoms with E-state index in [1.54, 1.807) is 0 Å². The Morgan fingerprint density at radius 3 is 3.11 bits per heavy atom. The van der Waals surface area contributed by atoms with Crippen LogP contribution in [-0.2, 0) is 16.1 Å². The summed E-state index contributed by atoms with van der Waals surface area (Å²) in [6, 6.07) is 10.7. The lowest BCUT2D eigenvalue weighted by atomic mass is 9.93. The van der Waals surface area contributed by atoms with Gasteiger partial charge in [0.1, 0.15) is 0 Å². The average Bonchev–Trinajstić information content (AvgIpc) is 2.79. The molecule has 0 fully saturated rings. The summed E-state index contributed by atoms with van der Waals surface area (Å²) < 4.78 is 7.45. The zero-order valence-corrected chi connectivity index (χ0v) is 11.3. The van der Waals surface area contributed by atoms with E-state index in [1.165, 1.54) is 16.6 Å². The van der Waals surface area contributed by atoms with Crippen molar-refractivity contribution in [2.75, 3.05) is 6.61 Å². The van der Waals surface area contributed by atoms with Crippen LogP contribution < -0.4 is 0 Å². The molecule has 1 unspecified atom stereocenters. The average molecular weight is 257 g/mol. The van der Waals surface area contributed by atoms with Gasteiger partial charge in [0.25, 0.3) is 0 Å². The summed E-state index contributed by atoms with van der Waals surface area (Å²) >= 11 is 0. The smallest absolute Gasteiger partial charge is 0.306 e. The second kappa shape index (κ2) is 5.08. The Morgan fingerprint density at radius 2 is 2.26 bits per heavy atom. The van der Waals surface area contributed by atoms with Crippen molar-refractivity contribution >= 4 is 16.9 Å². The number of esters is 1. The number of carbonyl (C=O) groups excluding carboxylic acids is 1. The maximum atomic E-state index is 11.7. The summed E-state index contributed by atoms with van der Waals surface area (Å²) in [5.41, 5.74) is 2.58. The molecule has 0 bridgehead atoms. The SMILES string of the molecule is CCOC(=O)CC1CCCn2c1cc1ccccc12. The van der Waals surface area contributed by atoms with Crippen LogP contribution in [0.1, 0.15) is 37.8 Å². The van der Waals surface area contributed by atoms with Crippen LogP contribution in [0, 0.1) is 0 Å². The van der Waals surface area contributed by atoms with Gasteiger partial charge in [0.15, 0.2) is 0 Å². The fourth-order valence-corrected chi connectivity index (χ4v) is 3.09. The van der Waals surface area contributed by atoms with Crippen LogP contribution >= 0.6 is 0 Å². The fraction of sp³-hybridized carbons (Fsp3) is 0.438. The van der Waals surface area contributed by atoms with Crippen molar-refractivity contribution in [2.45, 2.75) is 38.6 Å². The standard InChI is InChI=1S/C16H19NO2/c1-2-19-16(18)11-13-7-5-9-17-14-8-4-3-6-12(14)10-15(13)17/h3-4,6,8,10,13H,2,5,7,9,11H2,1H3. The highest BCUT2D eigenvalue weighted by Crippen LogP contribution is 2.35. The highest BCUT2D eigenvalue weighted by Gasteiger charge is 2.24. The predicted octanol–water partition coefficient (Wildman–Crippen LogP) is 3.47. The molecule has 0 saturated heterocycles. The first-order valence-corrected chi connectivity index (χ1v) is 7.03. The Kier molecular flexibility index (Phi) is 3.28. The molecule has 100 valence electrons. The number of hydrogen-bond donors (Lipinski definition) is 0. The van der Waals surface area contributed by atoms with Gasteiger partial charge in [0.2, 0.25) is 0 Å². The predicted molar refractivity (Wildman–Crippen MR) is 75.2 cm³/mol. The van der Waals surface area contributed by atoms with E-state index in [9.17, 15) is 4.79 Å². The van der Waals surface area contributed by atoms with E-state index in [4.69, 9.17) is 4.74 Å². The Labute approximate surface area is 113 Å². The van der Waals surface area contributed by atoms with Crippen molar-refractivity contribution in [1.29, 1.82) is 0 Å². The van der Waals surface area contributed by atoms with E-state index >= 15 is 0 Å². The van der Waals surface area contributed by atoms with Crippen LogP contribution in [-0.4, -0.2) is 17.1 Å². The third-order valence-corrected chi connectivity index (χ3v) is 3.91. The van der Waals surface area contributed by atoms with Crippen molar-refractivity contribution in [1.82, 2.24) is 4.57 Å². The van der Waals surface area contributed by atoms with E-state index in [0.29, 0.717) is 18.9 Å². The topological polar surface area (TPSA) is 31.2 Å². The molecule has 3 rings (SSSR count). The Morgan fingerprint density at radius 1 is 1.42 bits per heavy atom. The van der Waals surface area contributed by atoms with E-state index in [2.05, 4.69) is 34.9 Å². The fourth-order valence-electron chi connectivity index (χ4n) is 3.09. The molecule has 0 N–H and O–H groups in total. The lowest BCUT2D eigenvalue weighted by Crippen LogP contribution is -2.18. The maximum Gasteiger partial charge on any atom is 0.306 e. The second-order valence-electron chi connectivity index (χ2n) is 5.13. The molecule has 3 heteroatoms. The second-order valence-corrected chi connectivity index (χ2v) is 5.13. The van der Waals surface area contributed by atoms with Gasteiger partial charge in [-0.15, -0.1) is 0 Å². The first kappa shape index (κ1) is 12.3. The van der Waals surface area contributed by atoms with Gasteiger partial charge in [-0.05, 0) is 37.3 Å². The van der Waals surface area contributed by atoms with Crippen LogP contribution in [0.2, 0.25) is 0 Å². The minimum atomic E-state index is -0.0776. The molecular weight excluding hydrogens is 238 g/mol. The number of carbonyl (C=O) groups is 1. The third-order valence-electron chi connectivity index (χ3n) is 3.91. The van der Waals surface area contributed by atoms with Gasteiger partial charge in [0.05, 0.1) is 13.0 Å². The molecule has 0 saturated carbocycles. The first-order chi connectivity index (χ1) is 9.29. The molecule has 0 amide bonds. The van der Waals surface area contributed by atoms with Gasteiger partial charge in [-0.1, -0.05) is 18.2 Å². The van der Waals surface area contributed by atoms with Crippen molar-refractivity contribution in [3.05, 3.63) is 36.0 Å². The lowest BCUT2D eigenvalue weighted by Gasteiger charge is -2.24. The number of aryl methyl sites for hydroxylation is 1. The van der Waals surface area contributed by atoms with Crippen molar-refractivity contribution in [3.63, 3.8) is 0 Å². The minimum absolute atomic E-state index is 0.0776. The molecule has 19 heavy (non-hydrogen) atoms. The van der Waals surface area contributed by atoms with Gasteiger partial charge in [-0.25, -0.2) is 0 Å². The number of ether oxygens (including phenoxy) is 1. The number of benzene rings is 1. The van der Waals surface area contributed by atoms with E-state index < -0.39 is 0 Å². The van der Waals surface area contributed by atoms with Crippen LogP contribution in [0.25, 0.3) is 10.9 Å². The molecule has 1 atom stereocenters. The highest BCUT2D eigenvalue weighted by molar-refractivity contribution is 5.82. The number of aromatic nitrogens is 1. The first-order valence-electron chi connectivity index (χ1n) is 7.03.